The van der Waals surface area contributed by atoms with Crippen LogP contribution in [0.25, 0.3) is 0 Å². The van der Waals surface area contributed by atoms with E-state index in [1.807, 2.05) is 0 Å². The fraction of sp³-hybridized carbons (Fsp3) is 0.933. The molecule has 1 atom stereocenters. The van der Waals surface area contributed by atoms with Gasteiger partial charge in [0.2, 0.25) is 0 Å². The summed E-state index contributed by atoms with van der Waals surface area (Å²) in [6.45, 7) is 6.50. The molecule has 2 nitrogen and oxygen atoms in total. The first-order chi connectivity index (χ1) is 8.10. The SMILES string of the molecule is CC(C)(C(=O)CC1CCCC1)C1CCCNC1. The van der Waals surface area contributed by atoms with Crippen LogP contribution < -0.4 is 5.32 Å². The number of hydrogen-bond acceptors (Lipinski definition) is 2. The Morgan fingerprint density at radius 3 is 2.47 bits per heavy atom. The van der Waals surface area contributed by atoms with Crippen LogP contribution in [0.4, 0.5) is 0 Å². The van der Waals surface area contributed by atoms with Crippen molar-refractivity contribution in [3.8, 4) is 0 Å². The minimum absolute atomic E-state index is 0.115. The molecule has 1 unspecified atom stereocenters. The summed E-state index contributed by atoms with van der Waals surface area (Å²) in [6, 6.07) is 0. The minimum atomic E-state index is -0.115. The molecule has 2 fully saturated rings. The molecule has 98 valence electrons. The number of carbonyl (C=O) groups excluding carboxylic acids is 1. The highest BCUT2D eigenvalue weighted by molar-refractivity contribution is 5.84. The van der Waals surface area contributed by atoms with Gasteiger partial charge in [0.25, 0.3) is 0 Å². The maximum absolute atomic E-state index is 12.5. The van der Waals surface area contributed by atoms with Crippen LogP contribution in [-0.4, -0.2) is 18.9 Å². The van der Waals surface area contributed by atoms with Gasteiger partial charge in [0.15, 0.2) is 0 Å². The monoisotopic (exact) mass is 237 g/mol. The van der Waals surface area contributed by atoms with Crippen molar-refractivity contribution >= 4 is 5.78 Å². The molecular weight excluding hydrogens is 210 g/mol. The maximum Gasteiger partial charge on any atom is 0.139 e. The van der Waals surface area contributed by atoms with Crippen molar-refractivity contribution in [2.24, 2.45) is 17.3 Å². The molecule has 1 aliphatic carbocycles. The van der Waals surface area contributed by atoms with Crippen molar-refractivity contribution in [2.75, 3.05) is 13.1 Å². The Morgan fingerprint density at radius 1 is 1.18 bits per heavy atom. The van der Waals surface area contributed by atoms with Crippen LogP contribution in [0, 0.1) is 17.3 Å². The van der Waals surface area contributed by atoms with Gasteiger partial charge in [0.1, 0.15) is 5.78 Å². The molecule has 17 heavy (non-hydrogen) atoms. The molecular formula is C15H27NO. The van der Waals surface area contributed by atoms with Crippen molar-refractivity contribution in [3.63, 3.8) is 0 Å². The number of rotatable bonds is 4. The van der Waals surface area contributed by atoms with Crippen molar-refractivity contribution in [1.82, 2.24) is 5.32 Å². The van der Waals surface area contributed by atoms with E-state index in [0.29, 0.717) is 17.6 Å². The number of nitrogens with one attached hydrogen (secondary N) is 1. The number of hydrogen-bond donors (Lipinski definition) is 1. The molecule has 2 rings (SSSR count). The predicted octanol–water partition coefficient (Wildman–Crippen LogP) is 3.16. The minimum Gasteiger partial charge on any atom is -0.316 e. The molecule has 2 aliphatic rings. The first-order valence-electron chi connectivity index (χ1n) is 7.34. The highest BCUT2D eigenvalue weighted by atomic mass is 16.1. The Balaban J connectivity index is 1.90. The molecule has 1 saturated heterocycles. The third-order valence-corrected chi connectivity index (χ3v) is 4.98. The van der Waals surface area contributed by atoms with Crippen LogP contribution in [0.3, 0.4) is 0 Å². The van der Waals surface area contributed by atoms with Crippen LogP contribution >= 0.6 is 0 Å². The fourth-order valence-electron chi connectivity index (χ4n) is 3.44. The summed E-state index contributed by atoms with van der Waals surface area (Å²) in [5.74, 6) is 1.75. The highest BCUT2D eigenvalue weighted by Gasteiger charge is 2.37. The van der Waals surface area contributed by atoms with Gasteiger partial charge in [0.05, 0.1) is 0 Å². The molecule has 0 spiro atoms. The van der Waals surface area contributed by atoms with E-state index in [-0.39, 0.29) is 5.41 Å². The molecule has 1 N–H and O–H groups in total. The molecule has 1 aliphatic heterocycles. The lowest BCUT2D eigenvalue weighted by atomic mass is 9.70. The third kappa shape index (κ3) is 3.09. The Bertz CT molecular complexity index is 260. The van der Waals surface area contributed by atoms with Crippen LogP contribution in [0.5, 0.6) is 0 Å². The van der Waals surface area contributed by atoms with E-state index in [4.69, 9.17) is 0 Å². The topological polar surface area (TPSA) is 29.1 Å². The fourth-order valence-corrected chi connectivity index (χ4v) is 3.44. The quantitative estimate of drug-likeness (QED) is 0.813. The van der Waals surface area contributed by atoms with Gasteiger partial charge in [-0.2, -0.15) is 0 Å². The van der Waals surface area contributed by atoms with Crippen LogP contribution in [0.2, 0.25) is 0 Å². The molecule has 1 heterocycles. The first-order valence-corrected chi connectivity index (χ1v) is 7.34. The third-order valence-electron chi connectivity index (χ3n) is 4.98. The van der Waals surface area contributed by atoms with Crippen molar-refractivity contribution in [1.29, 1.82) is 0 Å². The van der Waals surface area contributed by atoms with Crippen LogP contribution in [-0.2, 0) is 4.79 Å². The number of ketones is 1. The van der Waals surface area contributed by atoms with Gasteiger partial charge in [-0.15, -0.1) is 0 Å². The Kier molecular flexibility index (Phi) is 4.24. The highest BCUT2D eigenvalue weighted by Crippen LogP contribution is 2.37. The molecule has 0 aromatic heterocycles. The van der Waals surface area contributed by atoms with E-state index in [0.717, 1.165) is 19.5 Å². The van der Waals surface area contributed by atoms with Gasteiger partial charge in [-0.05, 0) is 37.8 Å². The van der Waals surface area contributed by atoms with Gasteiger partial charge in [-0.1, -0.05) is 39.5 Å². The van der Waals surface area contributed by atoms with Crippen LogP contribution in [0.1, 0.15) is 58.8 Å². The molecule has 0 aromatic rings. The summed E-state index contributed by atoms with van der Waals surface area (Å²) in [7, 11) is 0. The largest absolute Gasteiger partial charge is 0.316 e. The zero-order valence-electron chi connectivity index (χ0n) is 11.4. The Labute approximate surface area is 106 Å². The van der Waals surface area contributed by atoms with E-state index in [9.17, 15) is 4.79 Å². The molecule has 0 radical (unpaired) electrons. The second-order valence-corrected chi connectivity index (χ2v) is 6.54. The smallest absolute Gasteiger partial charge is 0.139 e. The van der Waals surface area contributed by atoms with E-state index < -0.39 is 0 Å². The lowest BCUT2D eigenvalue weighted by molar-refractivity contribution is -0.131. The van der Waals surface area contributed by atoms with Crippen molar-refractivity contribution in [2.45, 2.75) is 58.8 Å². The average molecular weight is 237 g/mol. The summed E-state index contributed by atoms with van der Waals surface area (Å²) in [6.07, 6.45) is 8.52. The van der Waals surface area contributed by atoms with Gasteiger partial charge >= 0.3 is 0 Å². The summed E-state index contributed by atoms with van der Waals surface area (Å²) in [5, 5.41) is 3.44. The van der Waals surface area contributed by atoms with E-state index in [1.165, 1.54) is 38.5 Å². The van der Waals surface area contributed by atoms with E-state index >= 15 is 0 Å². The Morgan fingerprint density at radius 2 is 1.88 bits per heavy atom. The number of Topliss-reactive ketones (excluding diaryl/α,β-unsaturated/α-hetero) is 1. The normalized spacial score (nSPS) is 27.3. The van der Waals surface area contributed by atoms with Crippen molar-refractivity contribution < 1.29 is 4.79 Å². The summed E-state index contributed by atoms with van der Waals surface area (Å²) < 4.78 is 0. The van der Waals surface area contributed by atoms with Gasteiger partial charge in [-0.3, -0.25) is 4.79 Å². The second kappa shape index (κ2) is 5.51. The molecule has 0 aromatic carbocycles. The van der Waals surface area contributed by atoms with E-state index in [1.54, 1.807) is 0 Å². The van der Waals surface area contributed by atoms with Crippen molar-refractivity contribution in [3.05, 3.63) is 0 Å². The van der Waals surface area contributed by atoms with E-state index in [2.05, 4.69) is 19.2 Å². The predicted molar refractivity (Wildman–Crippen MR) is 71.0 cm³/mol. The molecule has 0 bridgehead atoms. The summed E-state index contributed by atoms with van der Waals surface area (Å²) >= 11 is 0. The van der Waals surface area contributed by atoms with Gasteiger partial charge < -0.3 is 5.32 Å². The zero-order valence-corrected chi connectivity index (χ0v) is 11.4. The Hall–Kier alpha value is -0.370. The van der Waals surface area contributed by atoms with Gasteiger partial charge in [0, 0.05) is 11.8 Å². The van der Waals surface area contributed by atoms with Crippen LogP contribution in [0.15, 0.2) is 0 Å². The first kappa shape index (κ1) is 13.1. The average Bonchev–Trinajstić information content (AvgIpc) is 2.83. The summed E-state index contributed by atoms with van der Waals surface area (Å²) in [4.78, 5) is 12.5. The zero-order chi connectivity index (χ0) is 12.3. The maximum atomic E-state index is 12.5. The number of piperidine rings is 1. The standard InChI is InChI=1S/C15H27NO/c1-15(2,13-8-5-9-16-11-13)14(17)10-12-6-3-4-7-12/h12-13,16H,3-11H2,1-2H3. The number of carbonyl (C=O) groups is 1. The summed E-state index contributed by atoms with van der Waals surface area (Å²) in [5.41, 5.74) is -0.115. The second-order valence-electron chi connectivity index (χ2n) is 6.54. The lowest BCUT2D eigenvalue weighted by Crippen LogP contribution is -2.42. The molecule has 2 heteroatoms. The molecule has 0 amide bonds. The molecule has 1 saturated carbocycles. The van der Waals surface area contributed by atoms with Gasteiger partial charge in [-0.25, -0.2) is 0 Å². The lowest BCUT2D eigenvalue weighted by Gasteiger charge is -2.36.